The normalized spacial score (nSPS) is 10.6. The van der Waals surface area contributed by atoms with Crippen LogP contribution in [0.5, 0.6) is 0 Å². The summed E-state index contributed by atoms with van der Waals surface area (Å²) in [5.41, 5.74) is 5.53. The van der Waals surface area contributed by atoms with Crippen LogP contribution in [0.1, 0.15) is 0 Å². The van der Waals surface area contributed by atoms with E-state index < -0.39 is 4.92 Å². The quantitative estimate of drug-likeness (QED) is 0.389. The van der Waals surface area contributed by atoms with Gasteiger partial charge >= 0.3 is 0 Å². The number of hydrogen-bond donors (Lipinski definition) is 1. The molecule has 0 aliphatic rings. The van der Waals surface area contributed by atoms with E-state index in [4.69, 9.17) is 5.10 Å². The van der Waals surface area contributed by atoms with Gasteiger partial charge in [0.25, 0.3) is 5.69 Å². The Labute approximate surface area is 162 Å². The van der Waals surface area contributed by atoms with E-state index in [2.05, 4.69) is 5.32 Å². The molecule has 0 atom stereocenters. The lowest BCUT2D eigenvalue weighted by Gasteiger charge is -2.09. The minimum absolute atomic E-state index is 0.0587. The third-order valence-electron chi connectivity index (χ3n) is 4.57. The average molecular weight is 370 g/mol. The molecular formula is C22H18N4O2. The molecule has 1 aromatic heterocycles. The summed E-state index contributed by atoms with van der Waals surface area (Å²) in [4.78, 5) is 10.6. The van der Waals surface area contributed by atoms with Crippen LogP contribution in [0.25, 0.3) is 28.1 Å². The summed E-state index contributed by atoms with van der Waals surface area (Å²) in [6.45, 7) is 0. The lowest BCUT2D eigenvalue weighted by Crippen LogP contribution is -1.94. The second-order valence-corrected chi connectivity index (χ2v) is 6.27. The van der Waals surface area contributed by atoms with E-state index in [1.165, 1.54) is 12.1 Å². The molecule has 4 aromatic rings. The molecule has 3 aromatic carbocycles. The molecule has 0 spiro atoms. The number of nitro groups is 1. The lowest BCUT2D eigenvalue weighted by atomic mass is 10.00. The van der Waals surface area contributed by atoms with Crippen LogP contribution in [0.2, 0.25) is 0 Å². The Bertz CT molecular complexity index is 1120. The van der Waals surface area contributed by atoms with E-state index in [-0.39, 0.29) is 5.69 Å². The van der Waals surface area contributed by atoms with Crippen LogP contribution in [-0.4, -0.2) is 21.8 Å². The Morgan fingerprint density at radius 2 is 1.57 bits per heavy atom. The Kier molecular flexibility index (Phi) is 4.60. The van der Waals surface area contributed by atoms with Gasteiger partial charge in [-0.1, -0.05) is 36.4 Å². The molecule has 0 saturated carbocycles. The average Bonchev–Trinajstić information content (AvgIpc) is 3.19. The number of hydrogen-bond acceptors (Lipinski definition) is 4. The van der Waals surface area contributed by atoms with E-state index in [9.17, 15) is 10.1 Å². The molecule has 138 valence electrons. The van der Waals surface area contributed by atoms with Gasteiger partial charge in [-0.15, -0.1) is 0 Å². The van der Waals surface area contributed by atoms with Crippen LogP contribution in [-0.2, 0) is 0 Å². The highest BCUT2D eigenvalue weighted by Gasteiger charge is 2.17. The zero-order chi connectivity index (χ0) is 19.5. The van der Waals surface area contributed by atoms with Crippen LogP contribution >= 0.6 is 0 Å². The van der Waals surface area contributed by atoms with E-state index in [1.807, 2.05) is 72.5 Å². The van der Waals surface area contributed by atoms with Crippen molar-refractivity contribution >= 4 is 11.4 Å². The van der Waals surface area contributed by atoms with Crippen molar-refractivity contribution in [2.75, 3.05) is 12.4 Å². The number of para-hydroxylation sites is 2. The number of aromatic nitrogens is 2. The minimum Gasteiger partial charge on any atom is -0.388 e. The van der Waals surface area contributed by atoms with Crippen LogP contribution in [0, 0.1) is 10.1 Å². The van der Waals surface area contributed by atoms with Crippen LogP contribution < -0.4 is 5.32 Å². The van der Waals surface area contributed by atoms with Crippen molar-refractivity contribution < 1.29 is 4.92 Å². The van der Waals surface area contributed by atoms with Gasteiger partial charge in [0, 0.05) is 47.8 Å². The SMILES string of the molecule is CNc1ccccc1-c1cn(-c2ccccc2)nc1-c1ccc([N+](=O)[O-])cc1. The van der Waals surface area contributed by atoms with Gasteiger partial charge in [0.2, 0.25) is 0 Å². The fraction of sp³-hybridized carbons (Fsp3) is 0.0455. The fourth-order valence-corrected chi connectivity index (χ4v) is 3.17. The number of rotatable bonds is 5. The molecule has 4 rings (SSSR count). The Hall–Kier alpha value is -3.93. The first kappa shape index (κ1) is 17.5. The van der Waals surface area contributed by atoms with E-state index in [0.29, 0.717) is 0 Å². The number of non-ortho nitro benzene ring substituents is 1. The predicted octanol–water partition coefficient (Wildman–Crippen LogP) is 5.16. The summed E-state index contributed by atoms with van der Waals surface area (Å²) < 4.78 is 1.83. The van der Waals surface area contributed by atoms with Crippen molar-refractivity contribution in [1.29, 1.82) is 0 Å². The second kappa shape index (κ2) is 7.36. The molecule has 1 heterocycles. The van der Waals surface area contributed by atoms with Gasteiger partial charge < -0.3 is 5.32 Å². The topological polar surface area (TPSA) is 73.0 Å². The smallest absolute Gasteiger partial charge is 0.269 e. The summed E-state index contributed by atoms with van der Waals surface area (Å²) in [6.07, 6.45) is 1.99. The molecule has 0 radical (unpaired) electrons. The van der Waals surface area contributed by atoms with Crippen LogP contribution in [0.4, 0.5) is 11.4 Å². The van der Waals surface area contributed by atoms with Gasteiger partial charge in [-0.25, -0.2) is 4.68 Å². The maximum absolute atomic E-state index is 11.0. The standard InChI is InChI=1S/C22H18N4O2/c1-23-21-10-6-5-9-19(21)20-15-25(17-7-3-2-4-8-17)24-22(20)16-11-13-18(14-12-16)26(27)28/h2-15,23H,1H3. The molecule has 0 aliphatic carbocycles. The predicted molar refractivity (Wildman–Crippen MR) is 111 cm³/mol. The highest BCUT2D eigenvalue weighted by Crippen LogP contribution is 2.36. The first-order chi connectivity index (χ1) is 13.7. The largest absolute Gasteiger partial charge is 0.388 e. The monoisotopic (exact) mass is 370 g/mol. The number of benzene rings is 3. The maximum Gasteiger partial charge on any atom is 0.269 e. The van der Waals surface area contributed by atoms with Crippen LogP contribution in [0.3, 0.4) is 0 Å². The Morgan fingerprint density at radius 3 is 2.25 bits per heavy atom. The van der Waals surface area contributed by atoms with Gasteiger partial charge in [-0.05, 0) is 30.3 Å². The van der Waals surface area contributed by atoms with E-state index >= 15 is 0 Å². The van der Waals surface area contributed by atoms with E-state index in [1.54, 1.807) is 12.1 Å². The van der Waals surface area contributed by atoms with E-state index in [0.717, 1.165) is 33.8 Å². The van der Waals surface area contributed by atoms with Crippen molar-refractivity contribution in [3.63, 3.8) is 0 Å². The Morgan fingerprint density at radius 1 is 0.893 bits per heavy atom. The molecule has 0 bridgehead atoms. The second-order valence-electron chi connectivity index (χ2n) is 6.27. The molecule has 0 aliphatic heterocycles. The minimum atomic E-state index is -0.399. The Balaban J connectivity index is 1.91. The van der Waals surface area contributed by atoms with Crippen molar-refractivity contribution in [2.45, 2.75) is 0 Å². The molecule has 1 N–H and O–H groups in total. The molecule has 6 heteroatoms. The van der Waals surface area contributed by atoms with Crippen LogP contribution in [0.15, 0.2) is 85.1 Å². The van der Waals surface area contributed by atoms with Gasteiger partial charge in [-0.3, -0.25) is 10.1 Å². The summed E-state index contributed by atoms with van der Waals surface area (Å²) in [5.74, 6) is 0. The molecule has 0 fully saturated rings. The first-order valence-corrected chi connectivity index (χ1v) is 8.84. The summed E-state index contributed by atoms with van der Waals surface area (Å²) >= 11 is 0. The van der Waals surface area contributed by atoms with Crippen molar-refractivity contribution in [2.24, 2.45) is 0 Å². The summed E-state index contributed by atoms with van der Waals surface area (Å²) in [6, 6.07) is 24.3. The number of nitrogens with one attached hydrogen (secondary N) is 1. The van der Waals surface area contributed by atoms with Gasteiger partial charge in [-0.2, -0.15) is 5.10 Å². The molecular weight excluding hydrogens is 352 g/mol. The van der Waals surface area contributed by atoms with Crippen molar-refractivity contribution in [3.05, 3.63) is 95.2 Å². The third-order valence-corrected chi connectivity index (χ3v) is 4.57. The lowest BCUT2D eigenvalue weighted by molar-refractivity contribution is -0.384. The van der Waals surface area contributed by atoms with Crippen molar-refractivity contribution in [3.8, 4) is 28.1 Å². The van der Waals surface area contributed by atoms with Gasteiger partial charge in [0.1, 0.15) is 5.69 Å². The molecule has 0 amide bonds. The zero-order valence-electron chi connectivity index (χ0n) is 15.2. The van der Waals surface area contributed by atoms with Gasteiger partial charge in [0.05, 0.1) is 10.6 Å². The number of nitrogens with zero attached hydrogens (tertiary/aromatic N) is 3. The molecule has 6 nitrogen and oxygen atoms in total. The summed E-state index contributed by atoms with van der Waals surface area (Å²) in [5, 5.41) is 19.0. The van der Waals surface area contributed by atoms with Gasteiger partial charge in [0.15, 0.2) is 0 Å². The third kappa shape index (κ3) is 3.23. The van der Waals surface area contributed by atoms with Crippen molar-refractivity contribution in [1.82, 2.24) is 9.78 Å². The number of nitro benzene ring substituents is 1. The molecule has 0 unspecified atom stereocenters. The zero-order valence-corrected chi connectivity index (χ0v) is 15.2. The molecule has 0 saturated heterocycles. The maximum atomic E-state index is 11.0. The fourth-order valence-electron chi connectivity index (χ4n) is 3.17. The highest BCUT2D eigenvalue weighted by atomic mass is 16.6. The first-order valence-electron chi connectivity index (χ1n) is 8.84. The molecule has 28 heavy (non-hydrogen) atoms. The number of anilines is 1. The summed E-state index contributed by atoms with van der Waals surface area (Å²) in [7, 11) is 1.88. The highest BCUT2D eigenvalue weighted by molar-refractivity contribution is 5.87.